The van der Waals surface area contributed by atoms with Crippen molar-refractivity contribution in [1.82, 2.24) is 9.47 Å². The van der Waals surface area contributed by atoms with Crippen molar-refractivity contribution in [1.29, 1.82) is 0 Å². The molecule has 4 nitrogen and oxygen atoms in total. The zero-order chi connectivity index (χ0) is 20.5. The van der Waals surface area contributed by atoms with E-state index in [0.29, 0.717) is 16.4 Å². The van der Waals surface area contributed by atoms with Gasteiger partial charge in [0, 0.05) is 29.2 Å². The Hall–Kier alpha value is -2.86. The van der Waals surface area contributed by atoms with Crippen LogP contribution in [0.15, 0.2) is 59.6 Å². The van der Waals surface area contributed by atoms with E-state index in [1.54, 1.807) is 18.2 Å². The van der Waals surface area contributed by atoms with Crippen molar-refractivity contribution in [2.45, 2.75) is 26.9 Å². The molecule has 1 fully saturated rings. The minimum Gasteiger partial charge on any atom is -0.347 e. The first-order valence-electron chi connectivity index (χ1n) is 9.50. The van der Waals surface area contributed by atoms with Crippen LogP contribution >= 0.6 is 11.8 Å². The van der Waals surface area contributed by atoms with Crippen molar-refractivity contribution in [2.24, 2.45) is 5.92 Å². The number of aromatic nitrogens is 1. The van der Waals surface area contributed by atoms with Gasteiger partial charge in [-0.15, -0.1) is 0 Å². The summed E-state index contributed by atoms with van der Waals surface area (Å²) in [6, 6.07) is 13.9. The van der Waals surface area contributed by atoms with Crippen LogP contribution in [0.1, 0.15) is 25.0 Å². The molecule has 29 heavy (non-hydrogen) atoms. The molecule has 0 unspecified atom stereocenters. The molecule has 0 radical (unpaired) electrons. The molecule has 0 spiro atoms. The number of halogens is 1. The maximum absolute atomic E-state index is 13.1. The van der Waals surface area contributed by atoms with E-state index in [9.17, 15) is 14.0 Å². The maximum atomic E-state index is 13.1. The number of amides is 2. The molecule has 148 valence electrons. The monoisotopic (exact) mass is 408 g/mol. The molecule has 0 atom stereocenters. The number of carbonyl (C=O) groups is 2. The van der Waals surface area contributed by atoms with Crippen molar-refractivity contribution < 1.29 is 14.0 Å². The molecule has 1 aliphatic rings. The molecule has 1 aromatic heterocycles. The van der Waals surface area contributed by atoms with Crippen LogP contribution in [0, 0.1) is 11.7 Å². The lowest BCUT2D eigenvalue weighted by atomic mass is 10.1. The van der Waals surface area contributed by atoms with E-state index in [0.717, 1.165) is 34.8 Å². The van der Waals surface area contributed by atoms with Crippen molar-refractivity contribution in [2.75, 3.05) is 0 Å². The standard InChI is InChI=1S/C23H21FN2O2S/c1-15(2)12-25-14-17(19-5-3-4-6-20(19)25)11-21-22(27)26(23(28)29-21)13-16-7-9-18(24)10-8-16/h3-11,14-15H,12-13H2,1-2H3/b21-11-. The first kappa shape index (κ1) is 19.5. The maximum Gasteiger partial charge on any atom is 0.293 e. The zero-order valence-corrected chi connectivity index (χ0v) is 17.1. The molecule has 0 bridgehead atoms. The Morgan fingerprint density at radius 3 is 2.52 bits per heavy atom. The molecule has 4 rings (SSSR count). The first-order valence-corrected chi connectivity index (χ1v) is 10.3. The fourth-order valence-corrected chi connectivity index (χ4v) is 4.31. The number of thioether (sulfide) groups is 1. The molecular formula is C23H21FN2O2S. The van der Waals surface area contributed by atoms with Gasteiger partial charge in [0.2, 0.25) is 0 Å². The van der Waals surface area contributed by atoms with E-state index in [1.807, 2.05) is 24.4 Å². The number of benzene rings is 2. The van der Waals surface area contributed by atoms with Crippen molar-refractivity contribution >= 4 is 39.9 Å². The smallest absolute Gasteiger partial charge is 0.293 e. The molecule has 3 aromatic rings. The largest absolute Gasteiger partial charge is 0.347 e. The highest BCUT2D eigenvalue weighted by Gasteiger charge is 2.35. The third-order valence-corrected chi connectivity index (χ3v) is 5.70. The second-order valence-electron chi connectivity index (χ2n) is 7.54. The van der Waals surface area contributed by atoms with Gasteiger partial charge in [-0.05, 0) is 47.5 Å². The molecule has 6 heteroatoms. The Morgan fingerprint density at radius 1 is 1.07 bits per heavy atom. The molecule has 2 amide bonds. The summed E-state index contributed by atoms with van der Waals surface area (Å²) < 4.78 is 15.3. The van der Waals surface area contributed by atoms with Gasteiger partial charge in [0.25, 0.3) is 11.1 Å². The van der Waals surface area contributed by atoms with E-state index in [-0.39, 0.29) is 23.5 Å². The normalized spacial score (nSPS) is 16.0. The van der Waals surface area contributed by atoms with Gasteiger partial charge in [0.1, 0.15) is 5.82 Å². The minimum atomic E-state index is -0.347. The van der Waals surface area contributed by atoms with Crippen molar-refractivity contribution in [3.63, 3.8) is 0 Å². The average molecular weight is 408 g/mol. The van der Waals surface area contributed by atoms with Gasteiger partial charge in [-0.2, -0.15) is 0 Å². The van der Waals surface area contributed by atoms with Crippen LogP contribution in [0.5, 0.6) is 0 Å². The van der Waals surface area contributed by atoms with Gasteiger partial charge in [-0.25, -0.2) is 4.39 Å². The molecule has 1 saturated heterocycles. The summed E-state index contributed by atoms with van der Waals surface area (Å²) in [6.07, 6.45) is 3.84. The van der Waals surface area contributed by atoms with Crippen LogP contribution in [0.2, 0.25) is 0 Å². The molecule has 0 aliphatic carbocycles. The van der Waals surface area contributed by atoms with Crippen LogP contribution in [-0.4, -0.2) is 20.6 Å². The Bertz CT molecular complexity index is 1120. The molecule has 1 aliphatic heterocycles. The van der Waals surface area contributed by atoms with E-state index < -0.39 is 0 Å². The third kappa shape index (κ3) is 3.98. The molecule has 2 aromatic carbocycles. The van der Waals surface area contributed by atoms with Crippen molar-refractivity contribution in [3.05, 3.63) is 76.6 Å². The highest BCUT2D eigenvalue weighted by molar-refractivity contribution is 8.18. The fourth-order valence-electron chi connectivity index (χ4n) is 3.48. The number of carbonyl (C=O) groups excluding carboxylic acids is 2. The second kappa shape index (κ2) is 7.87. The van der Waals surface area contributed by atoms with Gasteiger partial charge in [0.05, 0.1) is 11.4 Å². The van der Waals surface area contributed by atoms with Gasteiger partial charge >= 0.3 is 0 Å². The summed E-state index contributed by atoms with van der Waals surface area (Å²) >= 11 is 0.946. The fraction of sp³-hybridized carbons (Fsp3) is 0.217. The number of nitrogens with zero attached hydrogens (tertiary/aromatic N) is 2. The first-order chi connectivity index (χ1) is 13.9. The van der Waals surface area contributed by atoms with Crippen molar-refractivity contribution in [3.8, 4) is 0 Å². The van der Waals surface area contributed by atoms with Gasteiger partial charge < -0.3 is 4.57 Å². The van der Waals surface area contributed by atoms with Crippen LogP contribution in [-0.2, 0) is 17.9 Å². The number of hydrogen-bond donors (Lipinski definition) is 0. The predicted octanol–water partition coefficient (Wildman–Crippen LogP) is 5.67. The van der Waals surface area contributed by atoms with E-state index in [4.69, 9.17) is 0 Å². The lowest BCUT2D eigenvalue weighted by Gasteiger charge is -2.12. The number of rotatable bonds is 5. The summed E-state index contributed by atoms with van der Waals surface area (Å²) in [5.74, 6) is -0.174. The van der Waals surface area contributed by atoms with E-state index in [1.165, 1.54) is 17.0 Å². The zero-order valence-electron chi connectivity index (χ0n) is 16.3. The summed E-state index contributed by atoms with van der Waals surface area (Å²) in [6.45, 7) is 5.34. The summed E-state index contributed by atoms with van der Waals surface area (Å²) in [4.78, 5) is 26.9. The Morgan fingerprint density at radius 2 is 1.79 bits per heavy atom. The van der Waals surface area contributed by atoms with Crippen LogP contribution in [0.3, 0.4) is 0 Å². The molecule has 2 heterocycles. The quantitative estimate of drug-likeness (QED) is 0.511. The predicted molar refractivity (Wildman–Crippen MR) is 115 cm³/mol. The van der Waals surface area contributed by atoms with Crippen LogP contribution in [0.4, 0.5) is 9.18 Å². The summed E-state index contributed by atoms with van der Waals surface area (Å²) in [5, 5.41) is 0.745. The molecular weight excluding hydrogens is 387 g/mol. The second-order valence-corrected chi connectivity index (χ2v) is 8.54. The number of fused-ring (bicyclic) bond motifs is 1. The summed E-state index contributed by atoms with van der Waals surface area (Å²) in [7, 11) is 0. The topological polar surface area (TPSA) is 42.3 Å². The van der Waals surface area contributed by atoms with Crippen LogP contribution in [0.25, 0.3) is 17.0 Å². The van der Waals surface area contributed by atoms with Gasteiger partial charge in [0.15, 0.2) is 0 Å². The van der Waals surface area contributed by atoms with Gasteiger partial charge in [-0.3, -0.25) is 14.5 Å². The van der Waals surface area contributed by atoms with E-state index in [2.05, 4.69) is 24.5 Å². The van der Waals surface area contributed by atoms with Gasteiger partial charge in [-0.1, -0.05) is 44.2 Å². The number of imide groups is 1. The van der Waals surface area contributed by atoms with Crippen LogP contribution < -0.4 is 0 Å². The third-order valence-electron chi connectivity index (χ3n) is 4.80. The SMILES string of the molecule is CC(C)Cn1cc(/C=C2\SC(=O)N(Cc3ccc(F)cc3)C2=O)c2ccccc21. The Kier molecular flexibility index (Phi) is 5.28. The highest BCUT2D eigenvalue weighted by atomic mass is 32.2. The lowest BCUT2D eigenvalue weighted by Crippen LogP contribution is -2.27. The number of hydrogen-bond acceptors (Lipinski definition) is 3. The molecule has 0 N–H and O–H groups in total. The Labute approximate surface area is 173 Å². The number of para-hydroxylation sites is 1. The summed E-state index contributed by atoms with van der Waals surface area (Å²) in [5.41, 5.74) is 2.75. The minimum absolute atomic E-state index is 0.136. The van der Waals surface area contributed by atoms with E-state index >= 15 is 0 Å². The average Bonchev–Trinajstić information content (AvgIpc) is 3.16. The highest BCUT2D eigenvalue weighted by Crippen LogP contribution is 2.35. The lowest BCUT2D eigenvalue weighted by molar-refractivity contribution is -0.123. The molecule has 0 saturated carbocycles. The Balaban J connectivity index is 1.64.